The minimum atomic E-state index is -3.96. The molecule has 1 atom stereocenters. The molecule has 0 aliphatic carbocycles. The Hall–Kier alpha value is -3.03. The summed E-state index contributed by atoms with van der Waals surface area (Å²) in [5.41, 5.74) is -0.171. The largest absolute Gasteiger partial charge is 0.452 e. The van der Waals surface area contributed by atoms with Gasteiger partial charge in [-0.1, -0.05) is 11.6 Å². The van der Waals surface area contributed by atoms with Gasteiger partial charge in [0, 0.05) is 25.4 Å². The summed E-state index contributed by atoms with van der Waals surface area (Å²) in [4.78, 5) is 33.9. The highest BCUT2D eigenvalue weighted by molar-refractivity contribution is 7.89. The first-order valence-electron chi connectivity index (χ1n) is 7.92. The van der Waals surface area contributed by atoms with Gasteiger partial charge < -0.3 is 10.1 Å². The normalized spacial score (nSPS) is 12.2. The van der Waals surface area contributed by atoms with Gasteiger partial charge in [0.15, 0.2) is 6.10 Å². The predicted octanol–water partition coefficient (Wildman–Crippen LogP) is 0.830. The van der Waals surface area contributed by atoms with Crippen molar-refractivity contribution in [3.05, 3.63) is 45.7 Å². The molecule has 1 heterocycles. The van der Waals surface area contributed by atoms with Gasteiger partial charge in [-0.3, -0.25) is 24.4 Å². The predicted molar refractivity (Wildman–Crippen MR) is 101 cm³/mol. The maximum absolute atomic E-state index is 12.1. The molecule has 1 aromatic carbocycles. The number of rotatable bonds is 8. The number of halogens is 1. The summed E-state index contributed by atoms with van der Waals surface area (Å²) in [6.07, 6.45) is 1.08. The molecule has 2 aromatic rings. The Kier molecular flexibility index (Phi) is 6.89. The average molecular weight is 446 g/mol. The molecule has 1 aromatic heterocycles. The quantitative estimate of drug-likeness (QED) is 0.343. The van der Waals surface area contributed by atoms with Gasteiger partial charge in [-0.05, 0) is 13.0 Å². The SMILES string of the molecule is CC(OC(=O)CNS(=O)(=O)c1cnn(C)c1)C(=O)Nc1ccc([N+](=O)[O-])cc1Cl. The minimum Gasteiger partial charge on any atom is -0.452 e. The van der Waals surface area contributed by atoms with Crippen molar-refractivity contribution in [2.75, 3.05) is 11.9 Å². The summed E-state index contributed by atoms with van der Waals surface area (Å²) in [7, 11) is -2.43. The molecule has 2 rings (SSSR count). The Morgan fingerprint density at radius 1 is 1.41 bits per heavy atom. The lowest BCUT2D eigenvalue weighted by atomic mass is 10.2. The van der Waals surface area contributed by atoms with Crippen LogP contribution in [0.4, 0.5) is 11.4 Å². The Labute approximate surface area is 170 Å². The van der Waals surface area contributed by atoms with Gasteiger partial charge in [0.25, 0.3) is 11.6 Å². The fourth-order valence-corrected chi connectivity index (χ4v) is 3.19. The number of anilines is 1. The maximum atomic E-state index is 12.1. The number of nitrogens with one attached hydrogen (secondary N) is 2. The number of aryl methyl sites for hydroxylation is 1. The van der Waals surface area contributed by atoms with Crippen LogP contribution < -0.4 is 10.0 Å². The molecule has 0 fully saturated rings. The summed E-state index contributed by atoms with van der Waals surface area (Å²) >= 11 is 5.88. The number of esters is 1. The minimum absolute atomic E-state index is 0.0738. The van der Waals surface area contributed by atoms with Crippen LogP contribution in [0.15, 0.2) is 35.5 Å². The molecule has 0 saturated heterocycles. The summed E-state index contributed by atoms with van der Waals surface area (Å²) in [6, 6.07) is 3.43. The average Bonchev–Trinajstić information content (AvgIpc) is 3.09. The second-order valence-electron chi connectivity index (χ2n) is 5.72. The van der Waals surface area contributed by atoms with Gasteiger partial charge in [-0.25, -0.2) is 8.42 Å². The highest BCUT2D eigenvalue weighted by Crippen LogP contribution is 2.26. The molecule has 1 unspecified atom stereocenters. The maximum Gasteiger partial charge on any atom is 0.321 e. The van der Waals surface area contributed by atoms with Gasteiger partial charge in [-0.2, -0.15) is 9.82 Å². The molecule has 1 amide bonds. The molecule has 156 valence electrons. The van der Waals surface area contributed by atoms with E-state index in [1.807, 2.05) is 4.72 Å². The van der Waals surface area contributed by atoms with Crippen molar-refractivity contribution in [2.24, 2.45) is 7.05 Å². The topological polar surface area (TPSA) is 163 Å². The molecule has 0 spiro atoms. The van der Waals surface area contributed by atoms with Crippen LogP contribution in [-0.4, -0.2) is 47.6 Å². The van der Waals surface area contributed by atoms with Crippen molar-refractivity contribution in [3.63, 3.8) is 0 Å². The molecular formula is C15H16ClN5O7S. The Balaban J connectivity index is 1.90. The molecule has 12 nitrogen and oxygen atoms in total. The number of hydrogen-bond acceptors (Lipinski definition) is 8. The Morgan fingerprint density at radius 3 is 2.66 bits per heavy atom. The molecule has 0 bridgehead atoms. The third kappa shape index (κ3) is 5.97. The molecule has 29 heavy (non-hydrogen) atoms. The van der Waals surface area contributed by atoms with Crippen LogP contribution in [0.3, 0.4) is 0 Å². The van der Waals surface area contributed by atoms with Crippen molar-refractivity contribution in [1.82, 2.24) is 14.5 Å². The number of nitrogens with zero attached hydrogens (tertiary/aromatic N) is 3. The zero-order chi connectivity index (χ0) is 21.8. The number of aromatic nitrogens is 2. The number of carbonyl (C=O) groups excluding carboxylic acids is 2. The first-order chi connectivity index (χ1) is 13.5. The number of benzene rings is 1. The van der Waals surface area contributed by atoms with E-state index < -0.39 is 39.5 Å². The van der Waals surface area contributed by atoms with E-state index >= 15 is 0 Å². The van der Waals surface area contributed by atoms with Crippen molar-refractivity contribution in [2.45, 2.75) is 17.9 Å². The van der Waals surface area contributed by atoms with E-state index in [-0.39, 0.29) is 21.3 Å². The number of sulfonamides is 1. The van der Waals surface area contributed by atoms with Crippen molar-refractivity contribution in [1.29, 1.82) is 0 Å². The van der Waals surface area contributed by atoms with Crippen LogP contribution in [0.5, 0.6) is 0 Å². The summed E-state index contributed by atoms with van der Waals surface area (Å²) in [5.74, 6) is -1.75. The lowest BCUT2D eigenvalue weighted by molar-refractivity contribution is -0.384. The monoisotopic (exact) mass is 445 g/mol. The molecule has 0 radical (unpaired) electrons. The van der Waals surface area contributed by atoms with E-state index in [0.29, 0.717) is 0 Å². The first kappa shape index (κ1) is 22.3. The first-order valence-corrected chi connectivity index (χ1v) is 9.78. The van der Waals surface area contributed by atoms with E-state index in [4.69, 9.17) is 16.3 Å². The molecule has 2 N–H and O–H groups in total. The van der Waals surface area contributed by atoms with Crippen molar-refractivity contribution >= 4 is 44.9 Å². The summed E-state index contributed by atoms with van der Waals surface area (Å²) < 4.78 is 32.2. The molecule has 14 heteroatoms. The Morgan fingerprint density at radius 2 is 2.10 bits per heavy atom. The van der Waals surface area contributed by atoms with Gasteiger partial charge in [0.1, 0.15) is 11.4 Å². The van der Waals surface area contributed by atoms with Crippen LogP contribution >= 0.6 is 11.6 Å². The third-order valence-corrected chi connectivity index (χ3v) is 5.17. The van der Waals surface area contributed by atoms with E-state index in [1.165, 1.54) is 30.9 Å². The van der Waals surface area contributed by atoms with Crippen LogP contribution in [-0.2, 0) is 31.4 Å². The van der Waals surface area contributed by atoms with Crippen molar-refractivity contribution in [3.8, 4) is 0 Å². The molecule has 0 aliphatic heterocycles. The van der Waals surface area contributed by atoms with Gasteiger partial charge in [-0.15, -0.1) is 0 Å². The van der Waals surface area contributed by atoms with E-state index in [9.17, 15) is 28.1 Å². The number of non-ortho nitro benzene ring substituents is 1. The van der Waals surface area contributed by atoms with Crippen LogP contribution in [0.25, 0.3) is 0 Å². The van der Waals surface area contributed by atoms with Gasteiger partial charge >= 0.3 is 5.97 Å². The summed E-state index contributed by atoms with van der Waals surface area (Å²) in [6.45, 7) is 0.565. The highest BCUT2D eigenvalue weighted by Gasteiger charge is 2.22. The molecule has 0 saturated carbocycles. The second-order valence-corrected chi connectivity index (χ2v) is 7.89. The number of amides is 1. The van der Waals surface area contributed by atoms with E-state index in [0.717, 1.165) is 18.3 Å². The van der Waals surface area contributed by atoms with E-state index in [2.05, 4.69) is 10.4 Å². The van der Waals surface area contributed by atoms with Crippen LogP contribution in [0.1, 0.15) is 6.92 Å². The Bertz CT molecular complexity index is 1050. The lowest BCUT2D eigenvalue weighted by Gasteiger charge is -2.14. The number of hydrogen-bond donors (Lipinski definition) is 2. The molecule has 0 aliphatic rings. The zero-order valence-electron chi connectivity index (χ0n) is 15.2. The standard InChI is InChI=1S/C15H16ClN5O7S/c1-9(15(23)19-13-4-3-10(21(24)25)5-12(13)16)28-14(22)7-18-29(26,27)11-6-17-20(2)8-11/h3-6,8-9,18H,7H2,1-2H3,(H,19,23). The van der Waals surface area contributed by atoms with E-state index in [1.54, 1.807) is 0 Å². The highest BCUT2D eigenvalue weighted by atomic mass is 35.5. The van der Waals surface area contributed by atoms with Crippen LogP contribution in [0.2, 0.25) is 5.02 Å². The lowest BCUT2D eigenvalue weighted by Crippen LogP contribution is -2.35. The van der Waals surface area contributed by atoms with Gasteiger partial charge in [0.2, 0.25) is 10.0 Å². The number of nitro groups is 1. The van der Waals surface area contributed by atoms with Crippen molar-refractivity contribution < 1.29 is 27.7 Å². The summed E-state index contributed by atoms with van der Waals surface area (Å²) in [5, 5.41) is 16.7. The smallest absolute Gasteiger partial charge is 0.321 e. The fourth-order valence-electron chi connectivity index (χ4n) is 2.02. The number of ether oxygens (including phenoxy) is 1. The molecular weight excluding hydrogens is 430 g/mol. The second kappa shape index (κ2) is 8.98. The number of carbonyl (C=O) groups is 2. The van der Waals surface area contributed by atoms with Gasteiger partial charge in [0.05, 0.1) is 21.8 Å². The third-order valence-electron chi connectivity index (χ3n) is 3.50. The zero-order valence-corrected chi connectivity index (χ0v) is 16.7. The number of nitro benzene ring substituents is 1. The fraction of sp³-hybridized carbons (Fsp3) is 0.267. The van der Waals surface area contributed by atoms with Crippen LogP contribution in [0, 0.1) is 10.1 Å².